The van der Waals surface area contributed by atoms with Crippen LogP contribution >= 0.6 is 0 Å². The van der Waals surface area contributed by atoms with Crippen LogP contribution in [-0.4, -0.2) is 64.4 Å². The van der Waals surface area contributed by atoms with Crippen LogP contribution in [0.2, 0.25) is 0 Å². The van der Waals surface area contributed by atoms with E-state index in [9.17, 15) is 23.2 Å². The van der Waals surface area contributed by atoms with Gasteiger partial charge in [0.05, 0.1) is 37.2 Å². The molecule has 1 fully saturated rings. The summed E-state index contributed by atoms with van der Waals surface area (Å²) in [6, 6.07) is 1.66. The van der Waals surface area contributed by atoms with Gasteiger partial charge in [-0.05, 0) is 44.7 Å². The van der Waals surface area contributed by atoms with E-state index >= 15 is 0 Å². The minimum absolute atomic E-state index is 0.0525. The number of nitrogens with one attached hydrogen (secondary N) is 3. The maximum atomic E-state index is 14.2. The highest BCUT2D eigenvalue weighted by Gasteiger charge is 2.28. The largest absolute Gasteiger partial charge is 0.377 e. The summed E-state index contributed by atoms with van der Waals surface area (Å²) in [6.07, 6.45) is 2.59. The molecule has 1 saturated heterocycles. The first-order valence-corrected chi connectivity index (χ1v) is 13.0. The number of rotatable bonds is 11. The lowest BCUT2D eigenvalue weighted by Crippen LogP contribution is -2.50. The zero-order chi connectivity index (χ0) is 27.8. The fraction of sp³-hybridized carbons (Fsp3) is 0.556. The fourth-order valence-corrected chi connectivity index (χ4v) is 4.25. The molecule has 0 saturated carbocycles. The molecule has 1 aromatic heterocycles. The normalized spacial score (nSPS) is 17.2. The third-order valence-electron chi connectivity index (χ3n) is 6.52. The van der Waals surface area contributed by atoms with Crippen molar-refractivity contribution >= 4 is 17.7 Å². The number of halogens is 2. The van der Waals surface area contributed by atoms with Crippen molar-refractivity contribution in [1.29, 1.82) is 0 Å². The van der Waals surface area contributed by atoms with Gasteiger partial charge >= 0.3 is 0 Å². The molecular weight excluding hydrogens is 496 g/mol. The Balaban J connectivity index is 1.66. The summed E-state index contributed by atoms with van der Waals surface area (Å²) in [5.41, 5.74) is 0.484. The zero-order valence-electron chi connectivity index (χ0n) is 22.4. The number of hydrogen-bond acceptors (Lipinski definition) is 5. The topological polar surface area (TPSA) is 116 Å². The number of hydrogen-bond donors (Lipinski definition) is 3. The van der Waals surface area contributed by atoms with Crippen molar-refractivity contribution in [2.75, 3.05) is 19.8 Å². The molecule has 1 aliphatic heterocycles. The van der Waals surface area contributed by atoms with Crippen LogP contribution < -0.4 is 10.6 Å². The van der Waals surface area contributed by atoms with Gasteiger partial charge in [0, 0.05) is 31.0 Å². The molecule has 1 aromatic carbocycles. The van der Waals surface area contributed by atoms with Crippen LogP contribution in [0.1, 0.15) is 65.2 Å². The van der Waals surface area contributed by atoms with E-state index in [1.54, 1.807) is 11.8 Å². The highest BCUT2D eigenvalue weighted by molar-refractivity contribution is 5.88. The third kappa shape index (κ3) is 8.08. The van der Waals surface area contributed by atoms with Gasteiger partial charge in [-0.25, -0.2) is 13.8 Å². The molecular formula is C27H37F2N5O4. The van der Waals surface area contributed by atoms with Crippen LogP contribution in [0.15, 0.2) is 24.4 Å². The number of morpholine rings is 1. The van der Waals surface area contributed by atoms with Crippen molar-refractivity contribution in [3.63, 3.8) is 0 Å². The van der Waals surface area contributed by atoms with E-state index in [2.05, 4.69) is 20.6 Å². The van der Waals surface area contributed by atoms with Crippen molar-refractivity contribution in [2.45, 2.75) is 71.5 Å². The number of ether oxygens (including phenoxy) is 1. The average Bonchev–Trinajstić information content (AvgIpc) is 3.35. The van der Waals surface area contributed by atoms with E-state index in [4.69, 9.17) is 4.74 Å². The lowest BCUT2D eigenvalue weighted by molar-refractivity contribution is -0.139. The van der Waals surface area contributed by atoms with Gasteiger partial charge in [0.15, 0.2) is 0 Å². The minimum Gasteiger partial charge on any atom is -0.377 e. The second-order valence-corrected chi connectivity index (χ2v) is 10.1. The van der Waals surface area contributed by atoms with Gasteiger partial charge in [0.2, 0.25) is 17.7 Å². The predicted octanol–water partition coefficient (Wildman–Crippen LogP) is 3.48. The van der Waals surface area contributed by atoms with E-state index in [0.717, 1.165) is 12.1 Å². The molecule has 3 amide bonds. The first kappa shape index (κ1) is 29.2. The van der Waals surface area contributed by atoms with Crippen LogP contribution in [0.3, 0.4) is 0 Å². The Morgan fingerprint density at radius 1 is 1.16 bits per heavy atom. The van der Waals surface area contributed by atoms with Gasteiger partial charge in [-0.15, -0.1) is 0 Å². The Labute approximate surface area is 221 Å². The van der Waals surface area contributed by atoms with Crippen LogP contribution in [0, 0.1) is 17.6 Å². The summed E-state index contributed by atoms with van der Waals surface area (Å²) in [4.78, 5) is 47.5. The molecule has 208 valence electrons. The summed E-state index contributed by atoms with van der Waals surface area (Å²) in [5.74, 6) is -1.54. The number of nitrogens with zero attached hydrogens (tertiary/aromatic N) is 2. The summed E-state index contributed by atoms with van der Waals surface area (Å²) in [6.45, 7) is 9.05. The molecule has 0 spiro atoms. The summed E-state index contributed by atoms with van der Waals surface area (Å²) >= 11 is 0. The molecule has 3 rings (SSSR count). The van der Waals surface area contributed by atoms with E-state index in [1.807, 2.05) is 20.8 Å². The number of amides is 3. The molecule has 38 heavy (non-hydrogen) atoms. The van der Waals surface area contributed by atoms with Crippen molar-refractivity contribution in [3.8, 4) is 11.3 Å². The first-order valence-electron chi connectivity index (χ1n) is 13.0. The zero-order valence-corrected chi connectivity index (χ0v) is 22.4. The maximum Gasteiger partial charge on any atom is 0.243 e. The number of aromatic nitrogens is 2. The summed E-state index contributed by atoms with van der Waals surface area (Å²) < 4.78 is 32.8. The molecule has 3 atom stereocenters. The first-order chi connectivity index (χ1) is 18.0. The molecule has 0 aliphatic carbocycles. The third-order valence-corrected chi connectivity index (χ3v) is 6.52. The van der Waals surface area contributed by atoms with Crippen molar-refractivity contribution < 1.29 is 27.9 Å². The lowest BCUT2D eigenvalue weighted by atomic mass is 10.1. The summed E-state index contributed by atoms with van der Waals surface area (Å²) in [5, 5.41) is 5.60. The Hall–Kier alpha value is -3.34. The number of carbonyl (C=O) groups excluding carboxylic acids is 3. The van der Waals surface area contributed by atoms with Crippen molar-refractivity contribution in [3.05, 3.63) is 41.9 Å². The van der Waals surface area contributed by atoms with Gasteiger partial charge < -0.3 is 25.3 Å². The fourth-order valence-electron chi connectivity index (χ4n) is 4.25. The van der Waals surface area contributed by atoms with Gasteiger partial charge in [-0.1, -0.05) is 13.8 Å². The Kier molecular flexibility index (Phi) is 10.3. The van der Waals surface area contributed by atoms with Gasteiger partial charge in [-0.3, -0.25) is 14.4 Å². The monoisotopic (exact) mass is 533 g/mol. The predicted molar refractivity (Wildman–Crippen MR) is 138 cm³/mol. The number of imidazole rings is 1. The van der Waals surface area contributed by atoms with E-state index in [0.29, 0.717) is 43.6 Å². The van der Waals surface area contributed by atoms with Gasteiger partial charge in [0.25, 0.3) is 0 Å². The molecule has 11 heteroatoms. The van der Waals surface area contributed by atoms with Crippen LogP contribution in [0.5, 0.6) is 0 Å². The van der Waals surface area contributed by atoms with Crippen LogP contribution in [0.25, 0.3) is 11.3 Å². The summed E-state index contributed by atoms with van der Waals surface area (Å²) in [7, 11) is 0. The highest BCUT2D eigenvalue weighted by atomic mass is 19.1. The molecule has 9 nitrogen and oxygen atoms in total. The number of H-pyrrole nitrogens is 1. The standard InChI is InChI=1S/C27H37F2N5O4/c1-16(2)5-9-24(35)32-22(8-10-25(36)34-11-12-38-15-17(34)3)27(37)31-18(4)26-30-14-23(33-26)20-7-6-19(28)13-21(20)29/h6-7,13-14,16-18,22H,5,8-12,15H2,1-4H3,(H,30,33)(H,31,37)(H,32,35)/t17-,18-,22-/m0/s1. The molecule has 1 aliphatic rings. The smallest absolute Gasteiger partial charge is 0.243 e. The van der Waals surface area contributed by atoms with Crippen LogP contribution in [0.4, 0.5) is 8.78 Å². The molecule has 2 heterocycles. The molecule has 0 radical (unpaired) electrons. The Bertz CT molecular complexity index is 1120. The Morgan fingerprint density at radius 2 is 1.92 bits per heavy atom. The van der Waals surface area contributed by atoms with Gasteiger partial charge in [-0.2, -0.15) is 0 Å². The van der Waals surface area contributed by atoms with Crippen LogP contribution in [-0.2, 0) is 19.1 Å². The quantitative estimate of drug-likeness (QED) is 0.409. The van der Waals surface area contributed by atoms with Crippen molar-refractivity contribution in [2.24, 2.45) is 5.92 Å². The minimum atomic E-state index is -0.915. The van der Waals surface area contributed by atoms with E-state index < -0.39 is 29.6 Å². The average molecular weight is 534 g/mol. The molecule has 3 N–H and O–H groups in total. The highest BCUT2D eigenvalue weighted by Crippen LogP contribution is 2.23. The molecule has 0 bridgehead atoms. The number of benzene rings is 1. The van der Waals surface area contributed by atoms with E-state index in [-0.39, 0.29) is 42.7 Å². The van der Waals surface area contributed by atoms with Crippen molar-refractivity contribution in [1.82, 2.24) is 25.5 Å². The number of carbonyl (C=O) groups is 3. The molecule has 2 aromatic rings. The maximum absolute atomic E-state index is 14.2. The lowest BCUT2D eigenvalue weighted by Gasteiger charge is -2.33. The Morgan fingerprint density at radius 3 is 2.61 bits per heavy atom. The van der Waals surface area contributed by atoms with E-state index in [1.165, 1.54) is 12.3 Å². The van der Waals surface area contributed by atoms with Gasteiger partial charge in [0.1, 0.15) is 23.5 Å². The second kappa shape index (κ2) is 13.5. The number of aromatic amines is 1. The SMILES string of the molecule is CC(C)CCC(=O)N[C@@H](CCC(=O)N1CCOC[C@@H]1C)C(=O)N[C@@H](C)c1ncc(-c2ccc(F)cc2F)[nH]1. The second-order valence-electron chi connectivity index (χ2n) is 10.1. The molecule has 0 unspecified atom stereocenters.